The van der Waals surface area contributed by atoms with Crippen LogP contribution in [0.3, 0.4) is 0 Å². The lowest BCUT2D eigenvalue weighted by Gasteiger charge is -2.26. The summed E-state index contributed by atoms with van der Waals surface area (Å²) in [5, 5.41) is 0. The van der Waals surface area contributed by atoms with E-state index in [1.54, 1.807) is 7.11 Å². The number of halogens is 1. The van der Waals surface area contributed by atoms with Crippen molar-refractivity contribution in [3.8, 4) is 0 Å². The van der Waals surface area contributed by atoms with E-state index in [9.17, 15) is 4.79 Å². The second kappa shape index (κ2) is 8.32. The van der Waals surface area contributed by atoms with E-state index in [4.69, 9.17) is 9.47 Å². The van der Waals surface area contributed by atoms with Crippen LogP contribution in [0.5, 0.6) is 0 Å². The zero-order chi connectivity index (χ0) is 15.9. The largest absolute Gasteiger partial charge is 0.484 e. The normalized spacial score (nSPS) is 21.1. The van der Waals surface area contributed by atoms with Crippen LogP contribution in [0.4, 0.5) is 0 Å². The minimum atomic E-state index is -0.353. The second-order valence-corrected chi connectivity index (χ2v) is 6.37. The van der Waals surface area contributed by atoms with Crippen LogP contribution in [-0.4, -0.2) is 32.1 Å². The van der Waals surface area contributed by atoms with Crippen LogP contribution in [0.15, 0.2) is 33.7 Å². The first kappa shape index (κ1) is 17.0. The fourth-order valence-corrected chi connectivity index (χ4v) is 2.98. The number of carbonyl (C=O) groups excluding carboxylic acids is 1. The van der Waals surface area contributed by atoms with Gasteiger partial charge in [0.2, 0.25) is 0 Å². The maximum Gasteiger partial charge on any atom is 0.318 e. The number of methoxy groups -OCH3 is 1. The summed E-state index contributed by atoms with van der Waals surface area (Å²) >= 11 is 3.44. The summed E-state index contributed by atoms with van der Waals surface area (Å²) < 4.78 is 11.5. The lowest BCUT2D eigenvalue weighted by atomic mass is 9.87. The van der Waals surface area contributed by atoms with Gasteiger partial charge in [0, 0.05) is 11.0 Å². The van der Waals surface area contributed by atoms with Gasteiger partial charge < -0.3 is 9.47 Å². The fraction of sp³-hybridized carbons (Fsp3) is 0.529. The van der Waals surface area contributed by atoms with Crippen LogP contribution in [0, 0.1) is 11.8 Å². The lowest BCUT2D eigenvalue weighted by molar-refractivity contribution is -0.146. The van der Waals surface area contributed by atoms with Crippen molar-refractivity contribution in [2.45, 2.75) is 26.2 Å². The molecule has 5 heteroatoms. The molecule has 1 aromatic rings. The molecule has 22 heavy (non-hydrogen) atoms. The van der Waals surface area contributed by atoms with Crippen molar-refractivity contribution in [3.63, 3.8) is 0 Å². The minimum absolute atomic E-state index is 0.226. The van der Waals surface area contributed by atoms with Crippen molar-refractivity contribution < 1.29 is 14.3 Å². The maximum atomic E-state index is 12.0. The van der Waals surface area contributed by atoms with Crippen LogP contribution >= 0.6 is 15.9 Å². The van der Waals surface area contributed by atoms with Gasteiger partial charge in [-0.3, -0.25) is 9.79 Å². The van der Waals surface area contributed by atoms with E-state index < -0.39 is 0 Å². The summed E-state index contributed by atoms with van der Waals surface area (Å²) in [6.07, 6.45) is 2.76. The summed E-state index contributed by atoms with van der Waals surface area (Å²) in [6, 6.07) is 8.36. The Kier molecular flexibility index (Phi) is 6.43. The van der Waals surface area contributed by atoms with Crippen molar-refractivity contribution in [1.29, 1.82) is 0 Å². The number of carbonyl (C=O) groups is 1. The average Bonchev–Trinajstić information content (AvgIpc) is 2.54. The molecule has 0 spiro atoms. The van der Waals surface area contributed by atoms with E-state index in [0.717, 1.165) is 30.3 Å². The molecule has 0 saturated carbocycles. The fourth-order valence-electron chi connectivity index (χ4n) is 2.72. The quantitative estimate of drug-likeness (QED) is 0.746. The number of esters is 1. The minimum Gasteiger partial charge on any atom is -0.484 e. The molecule has 0 aliphatic carbocycles. The van der Waals surface area contributed by atoms with Gasteiger partial charge >= 0.3 is 5.97 Å². The molecular formula is C17H22BrNO3. The molecule has 0 radical (unpaired) electrons. The zero-order valence-electron chi connectivity index (χ0n) is 13.0. The molecule has 1 unspecified atom stereocenters. The van der Waals surface area contributed by atoms with Gasteiger partial charge in [0.1, 0.15) is 5.92 Å². The lowest BCUT2D eigenvalue weighted by Crippen LogP contribution is -2.34. The van der Waals surface area contributed by atoms with E-state index in [-0.39, 0.29) is 11.9 Å². The number of hydrogen-bond donors (Lipinski definition) is 0. The Bertz CT molecular complexity index is 527. The molecule has 4 nitrogen and oxygen atoms in total. The van der Waals surface area contributed by atoms with Crippen LogP contribution in [0.2, 0.25) is 0 Å². The topological polar surface area (TPSA) is 47.9 Å². The van der Waals surface area contributed by atoms with Crippen LogP contribution in [-0.2, 0) is 20.7 Å². The van der Waals surface area contributed by atoms with Crippen LogP contribution < -0.4 is 0 Å². The molecule has 0 fully saturated rings. The number of hydrogen-bond acceptors (Lipinski definition) is 4. The molecule has 1 aliphatic rings. The monoisotopic (exact) mass is 367 g/mol. The molecule has 0 aromatic heterocycles. The Balaban J connectivity index is 1.94. The Labute approximate surface area is 140 Å². The predicted octanol–water partition coefficient (Wildman–Crippen LogP) is 3.63. The van der Waals surface area contributed by atoms with Crippen molar-refractivity contribution in [3.05, 3.63) is 34.3 Å². The number of aliphatic imine (C=N–C) groups is 1. The molecular weight excluding hydrogens is 346 g/mol. The predicted molar refractivity (Wildman–Crippen MR) is 90.0 cm³/mol. The Morgan fingerprint density at radius 2 is 2.09 bits per heavy atom. The third-order valence-electron chi connectivity index (χ3n) is 3.91. The summed E-state index contributed by atoms with van der Waals surface area (Å²) in [5.41, 5.74) is 1.30. The van der Waals surface area contributed by atoms with Gasteiger partial charge in [0.25, 0.3) is 0 Å². The van der Waals surface area contributed by atoms with E-state index in [2.05, 4.69) is 45.2 Å². The van der Waals surface area contributed by atoms with Gasteiger partial charge in [-0.25, -0.2) is 0 Å². The third kappa shape index (κ3) is 4.57. The van der Waals surface area contributed by atoms with Gasteiger partial charge in [-0.15, -0.1) is 0 Å². The van der Waals surface area contributed by atoms with Crippen molar-refractivity contribution >= 4 is 27.8 Å². The van der Waals surface area contributed by atoms with Gasteiger partial charge in [-0.1, -0.05) is 28.1 Å². The summed E-state index contributed by atoms with van der Waals surface area (Å²) in [6.45, 7) is 2.92. The first-order valence-corrected chi connectivity index (χ1v) is 8.42. The number of nitrogens with zero attached hydrogens (tertiary/aromatic N) is 1. The van der Waals surface area contributed by atoms with Crippen molar-refractivity contribution in [2.75, 3.05) is 20.3 Å². The summed E-state index contributed by atoms with van der Waals surface area (Å²) in [5.74, 6) is 0.320. The van der Waals surface area contributed by atoms with Crippen molar-refractivity contribution in [2.24, 2.45) is 16.8 Å². The first-order chi connectivity index (χ1) is 10.6. The third-order valence-corrected chi connectivity index (χ3v) is 4.44. The number of aryl methyl sites for hydroxylation is 1. The summed E-state index contributed by atoms with van der Waals surface area (Å²) in [7, 11) is 1.56. The van der Waals surface area contributed by atoms with E-state index >= 15 is 0 Å². The highest BCUT2D eigenvalue weighted by Gasteiger charge is 2.33. The number of benzene rings is 1. The SMILES string of the molecule is CCOC(=O)C1C[C@H](CCc2ccc(Br)cc2)CN=C1OC. The standard InChI is InChI=1S/C17H22BrNO3/c1-3-22-17(20)15-10-13(11-19-16(15)21-2)5-4-12-6-8-14(18)9-7-12/h6-9,13,15H,3-5,10-11H2,1-2H3/t13-,15?/m0/s1. The molecule has 0 amide bonds. The van der Waals surface area contributed by atoms with E-state index in [0.29, 0.717) is 18.4 Å². The first-order valence-electron chi connectivity index (χ1n) is 7.63. The second-order valence-electron chi connectivity index (χ2n) is 5.45. The molecule has 0 N–H and O–H groups in total. The van der Waals surface area contributed by atoms with Crippen molar-refractivity contribution in [1.82, 2.24) is 0 Å². The summed E-state index contributed by atoms with van der Waals surface area (Å²) in [4.78, 5) is 16.5. The highest BCUT2D eigenvalue weighted by molar-refractivity contribution is 9.10. The average molecular weight is 368 g/mol. The van der Waals surface area contributed by atoms with E-state index in [1.807, 2.05) is 6.92 Å². The molecule has 2 rings (SSSR count). The number of ether oxygens (including phenoxy) is 2. The highest BCUT2D eigenvalue weighted by atomic mass is 79.9. The van der Waals surface area contributed by atoms with E-state index in [1.165, 1.54) is 5.56 Å². The maximum absolute atomic E-state index is 12.0. The molecule has 120 valence electrons. The van der Waals surface area contributed by atoms with Gasteiger partial charge in [-0.05, 0) is 49.8 Å². The molecule has 0 saturated heterocycles. The molecule has 2 atom stereocenters. The highest BCUT2D eigenvalue weighted by Crippen LogP contribution is 2.26. The number of rotatable bonds is 5. The molecule has 1 heterocycles. The van der Waals surface area contributed by atoms with Crippen LogP contribution in [0.1, 0.15) is 25.3 Å². The Hall–Kier alpha value is -1.36. The molecule has 1 aliphatic heterocycles. The smallest absolute Gasteiger partial charge is 0.318 e. The van der Waals surface area contributed by atoms with Gasteiger partial charge in [0.15, 0.2) is 5.90 Å². The zero-order valence-corrected chi connectivity index (χ0v) is 14.6. The molecule has 0 bridgehead atoms. The molecule has 1 aromatic carbocycles. The Morgan fingerprint density at radius 1 is 1.36 bits per heavy atom. The Morgan fingerprint density at radius 3 is 2.73 bits per heavy atom. The van der Waals surface area contributed by atoms with Gasteiger partial charge in [-0.2, -0.15) is 0 Å². The van der Waals surface area contributed by atoms with Gasteiger partial charge in [0.05, 0.1) is 13.7 Å². The van der Waals surface area contributed by atoms with Crippen LogP contribution in [0.25, 0.3) is 0 Å².